The fourth-order valence-corrected chi connectivity index (χ4v) is 2.73. The van der Waals surface area contributed by atoms with E-state index >= 15 is 0 Å². The minimum Gasteiger partial charge on any atom is -0.494 e. The molecule has 0 aromatic heterocycles. The van der Waals surface area contributed by atoms with Gasteiger partial charge in [-0.05, 0) is 68.3 Å². The summed E-state index contributed by atoms with van der Waals surface area (Å²) in [4.78, 5) is 12.4. The van der Waals surface area contributed by atoms with Crippen molar-refractivity contribution in [2.45, 2.75) is 65.4 Å². The lowest BCUT2D eigenvalue weighted by atomic mass is 10.2. The van der Waals surface area contributed by atoms with Gasteiger partial charge in [-0.2, -0.15) is 0 Å². The van der Waals surface area contributed by atoms with Gasteiger partial charge in [0.05, 0.1) is 12.7 Å². The van der Waals surface area contributed by atoms with Crippen LogP contribution < -0.4 is 14.8 Å². The summed E-state index contributed by atoms with van der Waals surface area (Å²) >= 11 is 0. The standard InChI is InChI=1S/C24H33NO3/c1-4-6-7-8-9-18-27-22-16-12-21(13-17-22)25-24(26)20-10-14-23(15-11-20)28-19(3)5-2/h10-17,19H,4-9,18H2,1-3H3,(H,25,26). The Hall–Kier alpha value is -2.49. The first-order valence-corrected chi connectivity index (χ1v) is 10.4. The fraction of sp³-hybridized carbons (Fsp3) is 0.458. The number of amides is 1. The molecule has 2 aromatic rings. The van der Waals surface area contributed by atoms with Crippen LogP contribution in [0.15, 0.2) is 48.5 Å². The second kappa shape index (κ2) is 12.1. The quantitative estimate of drug-likeness (QED) is 0.428. The number of hydrogen-bond donors (Lipinski definition) is 1. The summed E-state index contributed by atoms with van der Waals surface area (Å²) in [5, 5.41) is 2.91. The van der Waals surface area contributed by atoms with Crippen molar-refractivity contribution in [3.8, 4) is 11.5 Å². The second-order valence-corrected chi connectivity index (χ2v) is 7.10. The lowest BCUT2D eigenvalue weighted by Gasteiger charge is -2.13. The number of nitrogens with one attached hydrogen (secondary N) is 1. The third-order valence-electron chi connectivity index (χ3n) is 4.66. The molecule has 0 aliphatic heterocycles. The maximum Gasteiger partial charge on any atom is 0.255 e. The van der Waals surface area contributed by atoms with E-state index in [1.165, 1.54) is 25.7 Å². The predicted molar refractivity (Wildman–Crippen MR) is 115 cm³/mol. The van der Waals surface area contributed by atoms with E-state index in [0.717, 1.165) is 36.6 Å². The number of benzene rings is 2. The molecule has 1 N–H and O–H groups in total. The first-order chi connectivity index (χ1) is 13.6. The number of rotatable bonds is 12. The van der Waals surface area contributed by atoms with Crippen molar-refractivity contribution in [1.29, 1.82) is 0 Å². The van der Waals surface area contributed by atoms with Crippen molar-refractivity contribution in [3.05, 3.63) is 54.1 Å². The molecule has 152 valence electrons. The van der Waals surface area contributed by atoms with E-state index in [2.05, 4.69) is 19.2 Å². The van der Waals surface area contributed by atoms with Gasteiger partial charge in [0.2, 0.25) is 0 Å². The molecule has 1 atom stereocenters. The van der Waals surface area contributed by atoms with Crippen LogP contribution in [0.1, 0.15) is 69.7 Å². The molecule has 1 amide bonds. The van der Waals surface area contributed by atoms with Gasteiger partial charge in [-0.1, -0.05) is 39.5 Å². The molecule has 0 heterocycles. The molecule has 0 fully saturated rings. The molecule has 0 bridgehead atoms. The Labute approximate surface area is 169 Å². The van der Waals surface area contributed by atoms with Gasteiger partial charge in [0.1, 0.15) is 11.5 Å². The Morgan fingerprint density at radius 3 is 2.18 bits per heavy atom. The summed E-state index contributed by atoms with van der Waals surface area (Å²) in [6.45, 7) is 7.06. The van der Waals surface area contributed by atoms with Crippen LogP contribution in [0.5, 0.6) is 11.5 Å². The highest BCUT2D eigenvalue weighted by Crippen LogP contribution is 2.19. The largest absolute Gasteiger partial charge is 0.494 e. The molecule has 4 heteroatoms. The molecule has 4 nitrogen and oxygen atoms in total. The Morgan fingerprint density at radius 2 is 1.54 bits per heavy atom. The lowest BCUT2D eigenvalue weighted by molar-refractivity contribution is 0.102. The molecule has 28 heavy (non-hydrogen) atoms. The van der Waals surface area contributed by atoms with E-state index in [9.17, 15) is 4.79 Å². The van der Waals surface area contributed by atoms with Crippen LogP contribution in [-0.2, 0) is 0 Å². The Bertz CT molecular complexity index is 695. The van der Waals surface area contributed by atoms with E-state index in [0.29, 0.717) is 5.56 Å². The third-order valence-corrected chi connectivity index (χ3v) is 4.66. The summed E-state index contributed by atoms with van der Waals surface area (Å²) in [5.74, 6) is 1.47. The van der Waals surface area contributed by atoms with E-state index in [4.69, 9.17) is 9.47 Å². The monoisotopic (exact) mass is 383 g/mol. The minimum atomic E-state index is -0.139. The first kappa shape index (κ1) is 21.8. The highest BCUT2D eigenvalue weighted by Gasteiger charge is 2.08. The van der Waals surface area contributed by atoms with E-state index in [1.807, 2.05) is 43.3 Å². The zero-order valence-corrected chi connectivity index (χ0v) is 17.4. The summed E-state index contributed by atoms with van der Waals surface area (Å²) < 4.78 is 11.5. The average molecular weight is 384 g/mol. The van der Waals surface area contributed by atoms with Gasteiger partial charge in [0.15, 0.2) is 0 Å². The van der Waals surface area contributed by atoms with Gasteiger partial charge in [0, 0.05) is 11.3 Å². The number of unbranched alkanes of at least 4 members (excludes halogenated alkanes) is 4. The Kier molecular flexibility index (Phi) is 9.40. The third kappa shape index (κ3) is 7.63. The molecule has 2 aromatic carbocycles. The van der Waals surface area contributed by atoms with Crippen LogP contribution in [0.4, 0.5) is 5.69 Å². The van der Waals surface area contributed by atoms with Crippen molar-refractivity contribution < 1.29 is 14.3 Å². The average Bonchev–Trinajstić information content (AvgIpc) is 2.72. The maximum absolute atomic E-state index is 12.4. The summed E-state index contributed by atoms with van der Waals surface area (Å²) in [6, 6.07) is 14.7. The summed E-state index contributed by atoms with van der Waals surface area (Å²) in [5.41, 5.74) is 1.35. The molecule has 0 spiro atoms. The van der Waals surface area contributed by atoms with Crippen molar-refractivity contribution in [2.75, 3.05) is 11.9 Å². The van der Waals surface area contributed by atoms with Crippen molar-refractivity contribution >= 4 is 11.6 Å². The van der Waals surface area contributed by atoms with Gasteiger partial charge in [-0.3, -0.25) is 4.79 Å². The summed E-state index contributed by atoms with van der Waals surface area (Å²) in [6.07, 6.45) is 7.22. The Morgan fingerprint density at radius 1 is 0.893 bits per heavy atom. The highest BCUT2D eigenvalue weighted by atomic mass is 16.5. The highest BCUT2D eigenvalue weighted by molar-refractivity contribution is 6.04. The van der Waals surface area contributed by atoms with Gasteiger partial charge in [0.25, 0.3) is 5.91 Å². The molecule has 0 radical (unpaired) electrons. The van der Waals surface area contributed by atoms with Crippen LogP contribution in [0.2, 0.25) is 0 Å². The number of anilines is 1. The summed E-state index contributed by atoms with van der Waals surface area (Å²) in [7, 11) is 0. The second-order valence-electron chi connectivity index (χ2n) is 7.10. The topological polar surface area (TPSA) is 47.6 Å². The van der Waals surface area contributed by atoms with E-state index < -0.39 is 0 Å². The number of carbonyl (C=O) groups is 1. The number of carbonyl (C=O) groups excluding carboxylic acids is 1. The predicted octanol–water partition coefficient (Wildman–Crippen LogP) is 6.47. The molecule has 2 rings (SSSR count). The van der Waals surface area contributed by atoms with Crippen molar-refractivity contribution in [1.82, 2.24) is 0 Å². The van der Waals surface area contributed by atoms with Crippen LogP contribution in [0, 0.1) is 0 Å². The zero-order chi connectivity index (χ0) is 20.2. The van der Waals surface area contributed by atoms with Gasteiger partial charge < -0.3 is 14.8 Å². The molecule has 0 aliphatic rings. The number of hydrogen-bond acceptors (Lipinski definition) is 3. The van der Waals surface area contributed by atoms with E-state index in [1.54, 1.807) is 12.1 Å². The fourth-order valence-electron chi connectivity index (χ4n) is 2.73. The van der Waals surface area contributed by atoms with Crippen LogP contribution in [0.25, 0.3) is 0 Å². The molecule has 1 unspecified atom stereocenters. The molecule has 0 saturated heterocycles. The minimum absolute atomic E-state index is 0.139. The molecular formula is C24H33NO3. The molecule has 0 aliphatic carbocycles. The van der Waals surface area contributed by atoms with E-state index in [-0.39, 0.29) is 12.0 Å². The van der Waals surface area contributed by atoms with Gasteiger partial charge in [-0.25, -0.2) is 0 Å². The normalized spacial score (nSPS) is 11.7. The maximum atomic E-state index is 12.4. The molecular weight excluding hydrogens is 350 g/mol. The number of ether oxygens (including phenoxy) is 2. The zero-order valence-electron chi connectivity index (χ0n) is 17.4. The van der Waals surface area contributed by atoms with Crippen LogP contribution >= 0.6 is 0 Å². The van der Waals surface area contributed by atoms with Gasteiger partial charge in [-0.15, -0.1) is 0 Å². The smallest absolute Gasteiger partial charge is 0.255 e. The lowest BCUT2D eigenvalue weighted by Crippen LogP contribution is -2.12. The van der Waals surface area contributed by atoms with Crippen LogP contribution in [0.3, 0.4) is 0 Å². The van der Waals surface area contributed by atoms with Gasteiger partial charge >= 0.3 is 0 Å². The van der Waals surface area contributed by atoms with Crippen molar-refractivity contribution in [3.63, 3.8) is 0 Å². The first-order valence-electron chi connectivity index (χ1n) is 10.4. The molecule has 0 saturated carbocycles. The Balaban J connectivity index is 1.79. The SMILES string of the molecule is CCCCCCCOc1ccc(NC(=O)c2ccc(OC(C)CC)cc2)cc1. The van der Waals surface area contributed by atoms with Crippen LogP contribution in [-0.4, -0.2) is 18.6 Å². The van der Waals surface area contributed by atoms with Crippen molar-refractivity contribution in [2.24, 2.45) is 0 Å².